The fourth-order valence-electron chi connectivity index (χ4n) is 2.08. The second-order valence-electron chi connectivity index (χ2n) is 4.92. The third kappa shape index (κ3) is 6.02. The molecule has 2 aromatic carbocycles. The van der Waals surface area contributed by atoms with E-state index in [1.54, 1.807) is 0 Å². The molecule has 0 bridgehead atoms. The number of nitrogens with one attached hydrogen (secondary N) is 1. The van der Waals surface area contributed by atoms with E-state index in [4.69, 9.17) is 0 Å². The molecule has 0 unspecified atom stereocenters. The van der Waals surface area contributed by atoms with Crippen LogP contribution in [-0.2, 0) is 6.42 Å². The molecule has 6 heteroatoms. The van der Waals surface area contributed by atoms with Gasteiger partial charge in [0.25, 0.3) is 5.91 Å². The van der Waals surface area contributed by atoms with E-state index in [1.165, 1.54) is 17.7 Å². The van der Waals surface area contributed by atoms with Gasteiger partial charge in [0.05, 0.1) is 0 Å². The van der Waals surface area contributed by atoms with E-state index in [1.807, 2.05) is 30.3 Å². The molecule has 0 aliphatic heterocycles. The summed E-state index contributed by atoms with van der Waals surface area (Å²) in [5, 5.41) is 2.68. The van der Waals surface area contributed by atoms with Crippen LogP contribution in [0.15, 0.2) is 54.6 Å². The van der Waals surface area contributed by atoms with Crippen molar-refractivity contribution in [3.63, 3.8) is 0 Å². The van der Waals surface area contributed by atoms with Gasteiger partial charge in [-0.25, -0.2) is 0 Å². The van der Waals surface area contributed by atoms with E-state index in [9.17, 15) is 18.0 Å². The standard InChI is InChI=1S/C17H16F3NO2/c18-17(19,20)23-15-10-4-9-14(12-15)16(22)21-11-5-8-13-6-2-1-3-7-13/h1-4,6-7,9-10,12H,5,8,11H2,(H,21,22). The molecule has 23 heavy (non-hydrogen) atoms. The first-order chi connectivity index (χ1) is 10.9. The van der Waals surface area contributed by atoms with E-state index >= 15 is 0 Å². The predicted octanol–water partition coefficient (Wildman–Crippen LogP) is 3.95. The van der Waals surface area contributed by atoms with E-state index in [0.29, 0.717) is 6.54 Å². The van der Waals surface area contributed by atoms with Crippen LogP contribution in [0.5, 0.6) is 5.75 Å². The fraction of sp³-hybridized carbons (Fsp3) is 0.235. The Kier molecular flexibility index (Phi) is 5.62. The van der Waals surface area contributed by atoms with Gasteiger partial charge in [0.1, 0.15) is 5.75 Å². The van der Waals surface area contributed by atoms with Crippen molar-refractivity contribution in [2.24, 2.45) is 0 Å². The molecule has 0 saturated carbocycles. The molecule has 1 N–H and O–H groups in total. The summed E-state index contributed by atoms with van der Waals surface area (Å²) in [7, 11) is 0. The van der Waals surface area contributed by atoms with E-state index in [-0.39, 0.29) is 5.56 Å². The number of hydrogen-bond donors (Lipinski definition) is 1. The van der Waals surface area contributed by atoms with Crippen LogP contribution in [0, 0.1) is 0 Å². The molecule has 0 aliphatic carbocycles. The molecule has 0 saturated heterocycles. The minimum atomic E-state index is -4.77. The molecule has 0 aromatic heterocycles. The van der Waals surface area contributed by atoms with Gasteiger partial charge in [-0.15, -0.1) is 13.2 Å². The number of halogens is 3. The summed E-state index contributed by atoms with van der Waals surface area (Å²) in [4.78, 5) is 11.9. The first kappa shape index (κ1) is 16.9. The largest absolute Gasteiger partial charge is 0.573 e. The SMILES string of the molecule is O=C(NCCCc1ccccc1)c1cccc(OC(F)(F)F)c1. The van der Waals surface area contributed by atoms with Gasteiger partial charge in [-0.1, -0.05) is 36.4 Å². The highest BCUT2D eigenvalue weighted by Crippen LogP contribution is 2.23. The molecule has 0 radical (unpaired) electrons. The van der Waals surface area contributed by atoms with Crippen molar-refractivity contribution in [3.8, 4) is 5.75 Å². The molecule has 2 aromatic rings. The predicted molar refractivity (Wildman–Crippen MR) is 80.2 cm³/mol. The van der Waals surface area contributed by atoms with Crippen molar-refractivity contribution < 1.29 is 22.7 Å². The monoisotopic (exact) mass is 323 g/mol. The topological polar surface area (TPSA) is 38.3 Å². The van der Waals surface area contributed by atoms with Gasteiger partial charge in [-0.2, -0.15) is 0 Å². The molecule has 1 amide bonds. The number of ether oxygens (including phenoxy) is 1. The van der Waals surface area contributed by atoms with Crippen LogP contribution in [0.25, 0.3) is 0 Å². The summed E-state index contributed by atoms with van der Waals surface area (Å²) in [5.74, 6) is -0.833. The van der Waals surface area contributed by atoms with Gasteiger partial charge in [0, 0.05) is 12.1 Å². The first-order valence-electron chi connectivity index (χ1n) is 7.12. The average Bonchev–Trinajstić information content (AvgIpc) is 2.51. The lowest BCUT2D eigenvalue weighted by molar-refractivity contribution is -0.274. The molecule has 122 valence electrons. The molecule has 2 rings (SSSR count). The number of carbonyl (C=O) groups excluding carboxylic acids is 1. The van der Waals surface area contributed by atoms with Crippen LogP contribution in [-0.4, -0.2) is 18.8 Å². The Labute approximate surface area is 132 Å². The Morgan fingerprint density at radius 3 is 2.48 bits per heavy atom. The van der Waals surface area contributed by atoms with Gasteiger partial charge in [0.15, 0.2) is 0 Å². The summed E-state index contributed by atoms with van der Waals surface area (Å²) in [6.45, 7) is 0.443. The highest BCUT2D eigenvalue weighted by atomic mass is 19.4. The number of rotatable bonds is 6. The van der Waals surface area contributed by atoms with Crippen molar-refractivity contribution in [1.29, 1.82) is 0 Å². The van der Waals surface area contributed by atoms with Crippen LogP contribution >= 0.6 is 0 Å². The fourth-order valence-corrected chi connectivity index (χ4v) is 2.08. The average molecular weight is 323 g/mol. The number of hydrogen-bond acceptors (Lipinski definition) is 2. The van der Waals surface area contributed by atoms with Crippen molar-refractivity contribution in [2.75, 3.05) is 6.54 Å². The molecular weight excluding hydrogens is 307 g/mol. The molecule has 0 heterocycles. The Balaban J connectivity index is 1.82. The van der Waals surface area contributed by atoms with Crippen LogP contribution in [0.4, 0.5) is 13.2 Å². The van der Waals surface area contributed by atoms with Gasteiger partial charge < -0.3 is 10.1 Å². The zero-order chi connectivity index (χ0) is 16.7. The number of amides is 1. The van der Waals surface area contributed by atoms with Gasteiger partial charge in [0.2, 0.25) is 0 Å². The van der Waals surface area contributed by atoms with Crippen LogP contribution in [0.1, 0.15) is 22.3 Å². The maximum atomic E-state index is 12.2. The zero-order valence-electron chi connectivity index (χ0n) is 12.3. The summed E-state index contributed by atoms with van der Waals surface area (Å²) >= 11 is 0. The highest BCUT2D eigenvalue weighted by Gasteiger charge is 2.31. The second kappa shape index (κ2) is 7.67. The van der Waals surface area contributed by atoms with Gasteiger partial charge >= 0.3 is 6.36 Å². The second-order valence-corrected chi connectivity index (χ2v) is 4.92. The van der Waals surface area contributed by atoms with Crippen LogP contribution in [0.3, 0.4) is 0 Å². The summed E-state index contributed by atoms with van der Waals surface area (Å²) < 4.78 is 40.3. The molecule has 0 atom stereocenters. The lowest BCUT2D eigenvalue weighted by Gasteiger charge is -2.10. The van der Waals surface area contributed by atoms with Crippen LogP contribution < -0.4 is 10.1 Å². The Morgan fingerprint density at radius 2 is 1.78 bits per heavy atom. The van der Waals surface area contributed by atoms with E-state index in [2.05, 4.69) is 10.1 Å². The summed E-state index contributed by atoms with van der Waals surface area (Å²) in [6, 6.07) is 14.8. The minimum absolute atomic E-state index is 0.131. The number of alkyl halides is 3. The lowest BCUT2D eigenvalue weighted by atomic mass is 10.1. The molecule has 0 spiro atoms. The highest BCUT2D eigenvalue weighted by molar-refractivity contribution is 5.94. The smallest absolute Gasteiger partial charge is 0.406 e. The summed E-state index contributed by atoms with van der Waals surface area (Å²) in [6.07, 6.45) is -3.21. The van der Waals surface area contributed by atoms with E-state index in [0.717, 1.165) is 25.0 Å². The minimum Gasteiger partial charge on any atom is -0.406 e. The molecular formula is C17H16F3NO2. The first-order valence-corrected chi connectivity index (χ1v) is 7.12. The quantitative estimate of drug-likeness (QED) is 0.818. The van der Waals surface area contributed by atoms with Crippen molar-refractivity contribution >= 4 is 5.91 Å². The third-order valence-corrected chi connectivity index (χ3v) is 3.10. The maximum Gasteiger partial charge on any atom is 0.573 e. The summed E-state index contributed by atoms with van der Waals surface area (Å²) in [5.41, 5.74) is 1.30. The Bertz CT molecular complexity index is 642. The number of benzene rings is 2. The molecule has 3 nitrogen and oxygen atoms in total. The maximum absolute atomic E-state index is 12.2. The number of carbonyl (C=O) groups is 1. The Morgan fingerprint density at radius 1 is 1.04 bits per heavy atom. The van der Waals surface area contributed by atoms with E-state index < -0.39 is 18.0 Å². The molecule has 0 aliphatic rings. The normalized spacial score (nSPS) is 11.1. The van der Waals surface area contributed by atoms with Crippen molar-refractivity contribution in [3.05, 3.63) is 65.7 Å². The Hall–Kier alpha value is -2.50. The van der Waals surface area contributed by atoms with Crippen LogP contribution in [0.2, 0.25) is 0 Å². The molecule has 0 fully saturated rings. The lowest BCUT2D eigenvalue weighted by Crippen LogP contribution is -2.25. The zero-order valence-corrected chi connectivity index (χ0v) is 12.3. The van der Waals surface area contributed by atoms with Crippen molar-refractivity contribution in [1.82, 2.24) is 5.32 Å². The van der Waals surface area contributed by atoms with Crippen molar-refractivity contribution in [2.45, 2.75) is 19.2 Å². The number of aryl methyl sites for hydroxylation is 1. The van der Waals surface area contributed by atoms with Gasteiger partial charge in [-0.3, -0.25) is 4.79 Å². The third-order valence-electron chi connectivity index (χ3n) is 3.10. The van der Waals surface area contributed by atoms with Gasteiger partial charge in [-0.05, 0) is 36.6 Å².